The van der Waals surface area contributed by atoms with Crippen LogP contribution < -0.4 is 10.9 Å². The third kappa shape index (κ3) is 5.22. The number of aromatic amines is 1. The summed E-state index contributed by atoms with van der Waals surface area (Å²) in [4.78, 5) is 31.0. The van der Waals surface area contributed by atoms with Gasteiger partial charge in [0.1, 0.15) is 5.82 Å². The predicted molar refractivity (Wildman–Crippen MR) is 109 cm³/mol. The Labute approximate surface area is 170 Å². The molecule has 0 spiro atoms. The van der Waals surface area contributed by atoms with Gasteiger partial charge in [-0.3, -0.25) is 9.59 Å². The normalized spacial score (nSPS) is 11.9. The highest BCUT2D eigenvalue weighted by atomic mass is 19.4. The van der Waals surface area contributed by atoms with Gasteiger partial charge in [0.2, 0.25) is 5.91 Å². The first-order valence-electron chi connectivity index (χ1n) is 9.12. The van der Waals surface area contributed by atoms with Crippen LogP contribution in [0.2, 0.25) is 0 Å². The molecule has 1 heterocycles. The number of alkyl halides is 3. The third-order valence-corrected chi connectivity index (χ3v) is 4.23. The van der Waals surface area contributed by atoms with Gasteiger partial charge in [0.05, 0.1) is 5.57 Å². The lowest BCUT2D eigenvalue weighted by molar-refractivity contribution is -0.112. The number of nitrogens with one attached hydrogen (secondary N) is 2. The van der Waals surface area contributed by atoms with Gasteiger partial charge in [0.25, 0.3) is 5.56 Å². The van der Waals surface area contributed by atoms with Crippen LogP contribution in [0.5, 0.6) is 0 Å². The monoisotopic (exact) mass is 413 g/mol. The van der Waals surface area contributed by atoms with Crippen molar-refractivity contribution in [3.8, 4) is 11.4 Å². The van der Waals surface area contributed by atoms with E-state index in [1.807, 2.05) is 6.92 Å². The molecule has 3 aromatic rings. The fourth-order valence-electron chi connectivity index (χ4n) is 2.83. The number of hydrogen-bond donors (Lipinski definition) is 2. The van der Waals surface area contributed by atoms with Crippen LogP contribution in [0, 0.1) is 0 Å². The van der Waals surface area contributed by atoms with E-state index in [0.717, 1.165) is 0 Å². The van der Waals surface area contributed by atoms with E-state index in [9.17, 15) is 22.8 Å². The van der Waals surface area contributed by atoms with E-state index in [4.69, 9.17) is 0 Å². The summed E-state index contributed by atoms with van der Waals surface area (Å²) >= 11 is 0. The summed E-state index contributed by atoms with van der Waals surface area (Å²) in [6, 6.07) is 14.8. The summed E-state index contributed by atoms with van der Waals surface area (Å²) in [6.07, 6.45) is -3.60. The van der Waals surface area contributed by atoms with Gasteiger partial charge in [0.15, 0.2) is 0 Å². The lowest BCUT2D eigenvalue weighted by Gasteiger charge is -2.12. The molecule has 0 aliphatic carbocycles. The highest BCUT2D eigenvalue weighted by Gasteiger charge is 2.35. The standard InChI is InChI=1S/C22H18F3N3O2/c1-2-16-12-19(29)28-21(27-16)15-9-6-10-17(11-15)26-20(30)13-18(22(23,24)25)14-7-4-3-5-8-14/h3-13H,2H2,1H3,(H,26,30)(H,27,28,29)/b18-13-. The number of carbonyl (C=O) groups is 1. The van der Waals surface area contributed by atoms with Crippen molar-refractivity contribution >= 4 is 17.2 Å². The number of rotatable bonds is 5. The van der Waals surface area contributed by atoms with E-state index in [1.165, 1.54) is 42.5 Å². The Morgan fingerprint density at radius 2 is 1.83 bits per heavy atom. The first-order chi connectivity index (χ1) is 14.3. The zero-order chi connectivity index (χ0) is 21.7. The van der Waals surface area contributed by atoms with Crippen LogP contribution >= 0.6 is 0 Å². The first kappa shape index (κ1) is 21.0. The van der Waals surface area contributed by atoms with Crippen LogP contribution in [0.15, 0.2) is 71.5 Å². The minimum absolute atomic E-state index is 0.105. The van der Waals surface area contributed by atoms with E-state index < -0.39 is 17.7 Å². The fourth-order valence-corrected chi connectivity index (χ4v) is 2.83. The molecule has 0 fully saturated rings. The smallest absolute Gasteiger partial charge is 0.322 e. The second kappa shape index (κ2) is 8.77. The maximum absolute atomic E-state index is 13.4. The van der Waals surface area contributed by atoms with Gasteiger partial charge in [-0.15, -0.1) is 0 Å². The number of nitrogens with zero attached hydrogens (tertiary/aromatic N) is 1. The number of benzene rings is 2. The van der Waals surface area contributed by atoms with Crippen molar-refractivity contribution in [3.05, 3.63) is 88.4 Å². The van der Waals surface area contributed by atoms with E-state index in [2.05, 4.69) is 15.3 Å². The molecular formula is C22H18F3N3O2. The summed E-state index contributed by atoms with van der Waals surface area (Å²) in [5.74, 6) is -0.613. The molecule has 1 aromatic heterocycles. The summed E-state index contributed by atoms with van der Waals surface area (Å²) in [5.41, 5.74) is -0.0719. The zero-order valence-electron chi connectivity index (χ0n) is 16.0. The van der Waals surface area contributed by atoms with Crippen molar-refractivity contribution in [1.29, 1.82) is 0 Å². The fraction of sp³-hybridized carbons (Fsp3) is 0.136. The lowest BCUT2D eigenvalue weighted by atomic mass is 10.1. The van der Waals surface area contributed by atoms with Gasteiger partial charge in [-0.1, -0.05) is 49.4 Å². The number of anilines is 1. The molecule has 2 aromatic carbocycles. The second-order valence-electron chi connectivity index (χ2n) is 6.43. The number of allylic oxidation sites excluding steroid dienone is 1. The van der Waals surface area contributed by atoms with Gasteiger partial charge in [0, 0.05) is 29.1 Å². The predicted octanol–water partition coefficient (Wildman–Crippen LogP) is 4.58. The average molecular weight is 413 g/mol. The third-order valence-electron chi connectivity index (χ3n) is 4.23. The van der Waals surface area contributed by atoms with Gasteiger partial charge in [-0.25, -0.2) is 4.98 Å². The molecule has 5 nitrogen and oxygen atoms in total. The molecule has 30 heavy (non-hydrogen) atoms. The second-order valence-corrected chi connectivity index (χ2v) is 6.43. The number of aromatic nitrogens is 2. The van der Waals surface area contributed by atoms with E-state index in [1.54, 1.807) is 18.2 Å². The molecule has 0 unspecified atom stereocenters. The van der Waals surface area contributed by atoms with Crippen molar-refractivity contribution < 1.29 is 18.0 Å². The van der Waals surface area contributed by atoms with Crippen LogP contribution in [-0.2, 0) is 11.2 Å². The Kier molecular flexibility index (Phi) is 6.15. The first-order valence-corrected chi connectivity index (χ1v) is 9.12. The quantitative estimate of drug-likeness (QED) is 0.601. The molecule has 8 heteroatoms. The Morgan fingerprint density at radius 3 is 2.50 bits per heavy atom. The molecule has 1 amide bonds. The lowest BCUT2D eigenvalue weighted by Crippen LogP contribution is -2.16. The van der Waals surface area contributed by atoms with Crippen molar-refractivity contribution in [2.75, 3.05) is 5.32 Å². The van der Waals surface area contributed by atoms with E-state index in [-0.39, 0.29) is 16.8 Å². The average Bonchev–Trinajstić information content (AvgIpc) is 2.71. The summed E-state index contributed by atoms with van der Waals surface area (Å²) < 4.78 is 40.2. The molecule has 0 saturated carbocycles. The van der Waals surface area contributed by atoms with Gasteiger partial charge < -0.3 is 10.3 Å². The Morgan fingerprint density at radius 1 is 1.10 bits per heavy atom. The number of hydrogen-bond acceptors (Lipinski definition) is 3. The summed E-state index contributed by atoms with van der Waals surface area (Å²) in [7, 11) is 0. The molecule has 0 saturated heterocycles. The minimum Gasteiger partial charge on any atom is -0.322 e. The molecule has 3 rings (SSSR count). The van der Waals surface area contributed by atoms with Crippen molar-refractivity contribution in [1.82, 2.24) is 9.97 Å². The highest BCUT2D eigenvalue weighted by molar-refractivity contribution is 6.04. The topological polar surface area (TPSA) is 74.8 Å². The Bertz CT molecular complexity index is 1140. The molecular weight excluding hydrogens is 395 g/mol. The Hall–Kier alpha value is -3.68. The SMILES string of the molecule is CCc1cc(=O)[nH]c(-c2cccc(NC(=O)/C=C(/c3ccccc3)C(F)(F)F)c2)n1. The van der Waals surface area contributed by atoms with Crippen LogP contribution in [0.4, 0.5) is 18.9 Å². The minimum atomic E-state index is -4.69. The molecule has 0 atom stereocenters. The molecule has 0 aliphatic heterocycles. The number of amides is 1. The van der Waals surface area contributed by atoms with E-state index >= 15 is 0 Å². The Balaban J connectivity index is 1.89. The highest BCUT2D eigenvalue weighted by Crippen LogP contribution is 2.33. The maximum atomic E-state index is 13.4. The molecule has 0 aliphatic rings. The largest absolute Gasteiger partial charge is 0.417 e. The number of aryl methyl sites for hydroxylation is 1. The summed E-state index contributed by atoms with van der Waals surface area (Å²) in [5, 5.41) is 2.43. The maximum Gasteiger partial charge on any atom is 0.417 e. The molecule has 0 radical (unpaired) electrons. The van der Waals surface area contributed by atoms with Gasteiger partial charge >= 0.3 is 6.18 Å². The van der Waals surface area contributed by atoms with Crippen molar-refractivity contribution in [3.63, 3.8) is 0 Å². The van der Waals surface area contributed by atoms with Gasteiger partial charge in [-0.2, -0.15) is 13.2 Å². The zero-order valence-corrected chi connectivity index (χ0v) is 16.0. The van der Waals surface area contributed by atoms with Crippen molar-refractivity contribution in [2.45, 2.75) is 19.5 Å². The number of carbonyl (C=O) groups excluding carboxylic acids is 1. The molecule has 154 valence electrons. The van der Waals surface area contributed by atoms with Crippen molar-refractivity contribution in [2.24, 2.45) is 0 Å². The van der Waals surface area contributed by atoms with Crippen LogP contribution in [0.1, 0.15) is 18.2 Å². The van der Waals surface area contributed by atoms with E-state index in [0.29, 0.717) is 29.6 Å². The van der Waals surface area contributed by atoms with Crippen LogP contribution in [0.25, 0.3) is 17.0 Å². The number of H-pyrrole nitrogens is 1. The van der Waals surface area contributed by atoms with Crippen LogP contribution in [-0.4, -0.2) is 22.1 Å². The molecule has 0 bridgehead atoms. The van der Waals surface area contributed by atoms with Crippen LogP contribution in [0.3, 0.4) is 0 Å². The van der Waals surface area contributed by atoms with Gasteiger partial charge in [-0.05, 0) is 24.1 Å². The molecule has 2 N–H and O–H groups in total. The number of halogens is 3. The summed E-state index contributed by atoms with van der Waals surface area (Å²) in [6.45, 7) is 1.86.